The van der Waals surface area contributed by atoms with Crippen LogP contribution in [-0.4, -0.2) is 90.2 Å². The van der Waals surface area contributed by atoms with Crippen LogP contribution in [0.5, 0.6) is 0 Å². The minimum absolute atomic E-state index is 0.273. The van der Waals surface area contributed by atoms with Gasteiger partial charge in [0.15, 0.2) is 6.10 Å². The third-order valence-corrected chi connectivity index (χ3v) is 1.40. The van der Waals surface area contributed by atoms with Crippen molar-refractivity contribution in [2.75, 3.05) is 13.2 Å². The van der Waals surface area contributed by atoms with Gasteiger partial charge < -0.3 is 40.9 Å². The molecule has 144 valence electrons. The number of aliphatic carboxylic acids is 4. The molecule has 1 unspecified atom stereocenters. The topological polar surface area (TPSA) is 230 Å². The maximum atomic E-state index is 9.68. The molecule has 0 aliphatic heterocycles. The van der Waals surface area contributed by atoms with Crippen molar-refractivity contribution in [3.05, 3.63) is 0 Å². The van der Waals surface area contributed by atoms with Crippen LogP contribution in [0.3, 0.4) is 0 Å². The van der Waals surface area contributed by atoms with Crippen molar-refractivity contribution in [1.82, 2.24) is 0 Å². The van der Waals surface area contributed by atoms with Gasteiger partial charge in [-0.3, -0.25) is 14.4 Å². The zero-order chi connectivity index (χ0) is 20.3. The largest absolute Gasteiger partial charge is 0.481 e. The first-order chi connectivity index (χ1) is 10.8. The van der Waals surface area contributed by atoms with E-state index in [9.17, 15) is 14.4 Å². The smallest absolute Gasteiger partial charge is 0.332 e. The van der Waals surface area contributed by atoms with E-state index < -0.39 is 42.5 Å². The Morgan fingerprint density at radius 3 is 1.12 bits per heavy atom. The Bertz CT molecular complexity index is 334. The Morgan fingerprint density at radius 2 is 1.12 bits per heavy atom. The van der Waals surface area contributed by atoms with E-state index in [0.29, 0.717) is 0 Å². The summed E-state index contributed by atoms with van der Waals surface area (Å²) in [7, 11) is 0. The summed E-state index contributed by atoms with van der Waals surface area (Å²) < 4.78 is 0. The van der Waals surface area contributed by atoms with Gasteiger partial charge in [0.05, 0.1) is 13.2 Å². The lowest BCUT2D eigenvalue weighted by molar-refractivity contribution is -0.148. The highest BCUT2D eigenvalue weighted by Crippen LogP contribution is 1.86. The standard InChI is InChI=1S/C4H8O3.C3H4O4.C3H8O3.C2H4O2/c1-2-3(5)4(6)7;4-2(5)1-3(6)7;4-1-3(6)2-5;1-2(3)4/h3,5H,2H2,1H3,(H,6,7);1H2,(H,4,5)(H,6,7);3-6H,1-2H2;1H3,(H,3,4). The normalized spacial score (nSPS) is 9.79. The van der Waals surface area contributed by atoms with Crippen molar-refractivity contribution in [2.24, 2.45) is 0 Å². The van der Waals surface area contributed by atoms with Crippen LogP contribution in [0, 0.1) is 0 Å². The molecule has 0 spiro atoms. The number of hydrogen-bond acceptors (Lipinski definition) is 8. The molecular formula is C12H24O12. The molecule has 0 aromatic rings. The van der Waals surface area contributed by atoms with Crippen molar-refractivity contribution in [2.45, 2.75) is 38.9 Å². The van der Waals surface area contributed by atoms with Crippen molar-refractivity contribution in [3.8, 4) is 0 Å². The molecule has 12 heteroatoms. The van der Waals surface area contributed by atoms with E-state index in [1.165, 1.54) is 0 Å². The zero-order valence-electron chi connectivity index (χ0n) is 13.2. The van der Waals surface area contributed by atoms with Crippen LogP contribution >= 0.6 is 0 Å². The second-order valence-corrected chi connectivity index (χ2v) is 3.76. The summed E-state index contributed by atoms with van der Waals surface area (Å²) in [5.74, 6) is -4.61. The van der Waals surface area contributed by atoms with Crippen LogP contribution in [0.1, 0.15) is 26.7 Å². The number of carboxylic acid groups (broad SMARTS) is 4. The average Bonchev–Trinajstić information content (AvgIpc) is 2.44. The minimum atomic E-state index is -1.31. The second-order valence-electron chi connectivity index (χ2n) is 3.76. The third kappa shape index (κ3) is 50.3. The number of carbonyl (C=O) groups is 4. The number of rotatable bonds is 6. The molecule has 0 fully saturated rings. The maximum Gasteiger partial charge on any atom is 0.332 e. The van der Waals surface area contributed by atoms with Crippen molar-refractivity contribution >= 4 is 23.9 Å². The van der Waals surface area contributed by atoms with Crippen LogP contribution in [0.25, 0.3) is 0 Å². The fraction of sp³-hybridized carbons (Fsp3) is 0.667. The predicted octanol–water partition coefficient (Wildman–Crippen LogP) is -2.19. The lowest BCUT2D eigenvalue weighted by Crippen LogP contribution is -2.17. The van der Waals surface area contributed by atoms with Gasteiger partial charge in [-0.1, -0.05) is 6.92 Å². The molecule has 24 heavy (non-hydrogen) atoms. The second kappa shape index (κ2) is 20.7. The molecule has 0 aromatic heterocycles. The van der Waals surface area contributed by atoms with E-state index in [2.05, 4.69) is 0 Å². The summed E-state index contributed by atoms with van der Waals surface area (Å²) >= 11 is 0. The lowest BCUT2D eigenvalue weighted by Gasteiger charge is -1.96. The van der Waals surface area contributed by atoms with E-state index in [0.717, 1.165) is 6.92 Å². The summed E-state index contributed by atoms with van der Waals surface area (Å²) in [5, 5.41) is 63.1. The lowest BCUT2D eigenvalue weighted by atomic mass is 10.3. The Kier molecular flexibility index (Phi) is 25.6. The fourth-order valence-electron chi connectivity index (χ4n) is 0.362. The van der Waals surface area contributed by atoms with Gasteiger partial charge in [0.1, 0.15) is 12.5 Å². The highest BCUT2D eigenvalue weighted by Gasteiger charge is 2.07. The van der Waals surface area contributed by atoms with E-state index in [-0.39, 0.29) is 19.6 Å². The molecule has 0 rings (SSSR count). The van der Waals surface area contributed by atoms with Crippen molar-refractivity contribution in [3.63, 3.8) is 0 Å². The first-order valence-corrected chi connectivity index (χ1v) is 6.29. The summed E-state index contributed by atoms with van der Waals surface area (Å²) in [6, 6.07) is 0. The molecule has 8 N–H and O–H groups in total. The fourth-order valence-corrected chi connectivity index (χ4v) is 0.362. The van der Waals surface area contributed by atoms with Crippen molar-refractivity contribution in [1.29, 1.82) is 0 Å². The Labute approximate surface area is 137 Å². The molecule has 0 heterocycles. The van der Waals surface area contributed by atoms with E-state index in [1.54, 1.807) is 6.92 Å². The molecule has 0 aromatic carbocycles. The van der Waals surface area contributed by atoms with Gasteiger partial charge in [-0.05, 0) is 6.42 Å². The molecule has 0 amide bonds. The highest BCUT2D eigenvalue weighted by atomic mass is 16.4. The van der Waals surface area contributed by atoms with Crippen LogP contribution in [0.2, 0.25) is 0 Å². The van der Waals surface area contributed by atoms with Gasteiger partial charge >= 0.3 is 17.9 Å². The minimum Gasteiger partial charge on any atom is -0.481 e. The third-order valence-electron chi connectivity index (χ3n) is 1.40. The highest BCUT2D eigenvalue weighted by molar-refractivity contribution is 5.88. The van der Waals surface area contributed by atoms with Gasteiger partial charge in [0, 0.05) is 6.92 Å². The van der Waals surface area contributed by atoms with E-state index >= 15 is 0 Å². The van der Waals surface area contributed by atoms with Crippen molar-refractivity contribution < 1.29 is 60.0 Å². The van der Waals surface area contributed by atoms with Crippen LogP contribution < -0.4 is 0 Å². The molecular weight excluding hydrogens is 336 g/mol. The quantitative estimate of drug-likeness (QED) is 0.236. The van der Waals surface area contributed by atoms with Gasteiger partial charge in [-0.15, -0.1) is 0 Å². The van der Waals surface area contributed by atoms with Crippen LogP contribution in [-0.2, 0) is 19.2 Å². The zero-order valence-corrected chi connectivity index (χ0v) is 13.2. The number of aliphatic hydroxyl groups excluding tert-OH is 4. The number of hydrogen-bond donors (Lipinski definition) is 8. The monoisotopic (exact) mass is 360 g/mol. The van der Waals surface area contributed by atoms with Gasteiger partial charge in [-0.2, -0.15) is 0 Å². The molecule has 0 aliphatic carbocycles. The average molecular weight is 360 g/mol. The van der Waals surface area contributed by atoms with E-state index in [1.807, 2.05) is 0 Å². The molecule has 1 atom stereocenters. The molecule has 0 radical (unpaired) electrons. The molecule has 0 saturated heterocycles. The maximum absolute atomic E-state index is 9.68. The number of carboxylic acids is 4. The van der Waals surface area contributed by atoms with Gasteiger partial charge in [0.2, 0.25) is 0 Å². The van der Waals surface area contributed by atoms with Crippen LogP contribution in [0.4, 0.5) is 0 Å². The Hall–Kier alpha value is -2.28. The molecule has 0 bridgehead atoms. The Balaban J connectivity index is -0.000000113. The summed E-state index contributed by atoms with van der Waals surface area (Å²) in [6.45, 7) is 1.96. The first kappa shape index (κ1) is 29.7. The van der Waals surface area contributed by atoms with Crippen LogP contribution in [0.15, 0.2) is 0 Å². The summed E-state index contributed by atoms with van der Waals surface area (Å²) in [4.78, 5) is 37.5. The number of aliphatic hydroxyl groups is 4. The summed E-state index contributed by atoms with van der Waals surface area (Å²) in [5.41, 5.74) is 0. The van der Waals surface area contributed by atoms with Gasteiger partial charge in [0.25, 0.3) is 5.97 Å². The molecule has 0 aliphatic rings. The van der Waals surface area contributed by atoms with Gasteiger partial charge in [-0.25, -0.2) is 4.79 Å². The predicted molar refractivity (Wildman–Crippen MR) is 77.3 cm³/mol. The first-order valence-electron chi connectivity index (χ1n) is 6.29. The summed E-state index contributed by atoms with van der Waals surface area (Å²) in [6.07, 6.45) is -2.67. The molecule has 0 saturated carbocycles. The molecule has 12 nitrogen and oxygen atoms in total. The SMILES string of the molecule is CC(=O)O.CCC(O)C(=O)O.O=C(O)CC(=O)O.OCC(O)CO. The van der Waals surface area contributed by atoms with E-state index in [4.69, 9.17) is 45.6 Å². The Morgan fingerprint density at radius 1 is 0.833 bits per heavy atom.